The fourth-order valence-electron chi connectivity index (χ4n) is 1.71. The molecule has 0 aliphatic rings. The number of benzene rings is 1. The Morgan fingerprint density at radius 1 is 1.14 bits per heavy atom. The van der Waals surface area contributed by atoms with E-state index in [1.807, 2.05) is 26.8 Å². The molecule has 110 valence electrons. The molecule has 0 atom stereocenters. The second-order valence-corrected chi connectivity index (χ2v) is 5.11. The number of hydrogen-bond donors (Lipinski definition) is 2. The van der Waals surface area contributed by atoms with Crippen LogP contribution in [-0.2, 0) is 4.79 Å². The molecule has 0 aliphatic heterocycles. The number of hydrogen-bond acceptors (Lipinski definition) is 3. The maximum absolute atomic E-state index is 11.9. The molecule has 0 unspecified atom stereocenters. The Bertz CT molecular complexity index is 646. The number of rotatable bonds is 4. The van der Waals surface area contributed by atoms with Crippen LogP contribution in [0.1, 0.15) is 30.0 Å². The van der Waals surface area contributed by atoms with Crippen LogP contribution in [0.5, 0.6) is 0 Å². The van der Waals surface area contributed by atoms with Crippen LogP contribution in [0, 0.1) is 12.8 Å². The molecule has 2 N–H and O–H groups in total. The Balaban J connectivity index is 2.15. The first-order valence-electron chi connectivity index (χ1n) is 6.73. The van der Waals surface area contributed by atoms with Crippen molar-refractivity contribution in [1.82, 2.24) is 0 Å². The number of nitrogens with one attached hydrogen (secondary N) is 2. The summed E-state index contributed by atoms with van der Waals surface area (Å²) in [5.41, 5.74) is 2.21. The van der Waals surface area contributed by atoms with Crippen LogP contribution in [0.4, 0.5) is 11.4 Å². The Kier molecular flexibility index (Phi) is 4.42. The summed E-state index contributed by atoms with van der Waals surface area (Å²) in [6.45, 7) is 5.55. The van der Waals surface area contributed by atoms with Gasteiger partial charge in [0, 0.05) is 17.3 Å². The summed E-state index contributed by atoms with van der Waals surface area (Å²) < 4.78 is 5.04. The standard InChI is InChI=1S/C16H18N2O3/c1-10(2)15(19)18-13-9-12(7-6-11(13)3)17-16(20)14-5-4-8-21-14/h4-10H,1-3H3,(H,17,20)(H,18,19). The zero-order valence-corrected chi connectivity index (χ0v) is 12.3. The van der Waals surface area contributed by atoms with E-state index < -0.39 is 0 Å². The summed E-state index contributed by atoms with van der Waals surface area (Å²) in [6, 6.07) is 8.59. The second-order valence-electron chi connectivity index (χ2n) is 5.11. The van der Waals surface area contributed by atoms with Crippen molar-refractivity contribution in [3.05, 3.63) is 47.9 Å². The molecule has 5 heteroatoms. The van der Waals surface area contributed by atoms with Gasteiger partial charge in [0.1, 0.15) is 0 Å². The van der Waals surface area contributed by atoms with Crippen LogP contribution >= 0.6 is 0 Å². The molecular formula is C16H18N2O3. The summed E-state index contributed by atoms with van der Waals surface area (Å²) in [4.78, 5) is 23.7. The number of carbonyl (C=O) groups is 2. The van der Waals surface area contributed by atoms with Gasteiger partial charge in [-0.1, -0.05) is 19.9 Å². The highest BCUT2D eigenvalue weighted by Gasteiger charge is 2.12. The van der Waals surface area contributed by atoms with Crippen molar-refractivity contribution in [2.45, 2.75) is 20.8 Å². The summed E-state index contributed by atoms with van der Waals surface area (Å²) in [7, 11) is 0. The summed E-state index contributed by atoms with van der Waals surface area (Å²) in [6.07, 6.45) is 1.44. The van der Waals surface area contributed by atoms with Gasteiger partial charge in [0.05, 0.1) is 6.26 Å². The van der Waals surface area contributed by atoms with Gasteiger partial charge in [0.15, 0.2) is 5.76 Å². The Hall–Kier alpha value is -2.56. The summed E-state index contributed by atoms with van der Waals surface area (Å²) >= 11 is 0. The van der Waals surface area contributed by atoms with E-state index in [1.165, 1.54) is 6.26 Å². The van der Waals surface area contributed by atoms with E-state index in [2.05, 4.69) is 10.6 Å². The van der Waals surface area contributed by atoms with Crippen molar-refractivity contribution < 1.29 is 14.0 Å². The molecular weight excluding hydrogens is 268 g/mol. The first-order valence-corrected chi connectivity index (χ1v) is 6.73. The highest BCUT2D eigenvalue weighted by molar-refractivity contribution is 6.03. The van der Waals surface area contributed by atoms with E-state index >= 15 is 0 Å². The lowest BCUT2D eigenvalue weighted by Crippen LogP contribution is -2.18. The van der Waals surface area contributed by atoms with Crippen molar-refractivity contribution in [2.75, 3.05) is 10.6 Å². The molecule has 1 heterocycles. The van der Waals surface area contributed by atoms with Crippen molar-refractivity contribution in [3.8, 4) is 0 Å². The van der Waals surface area contributed by atoms with Crippen LogP contribution in [0.2, 0.25) is 0 Å². The maximum Gasteiger partial charge on any atom is 0.291 e. The minimum atomic E-state index is -0.329. The predicted molar refractivity (Wildman–Crippen MR) is 81.3 cm³/mol. The van der Waals surface area contributed by atoms with E-state index in [9.17, 15) is 9.59 Å². The first kappa shape index (κ1) is 14.8. The van der Waals surface area contributed by atoms with Gasteiger partial charge < -0.3 is 15.1 Å². The molecule has 5 nitrogen and oxygen atoms in total. The normalized spacial score (nSPS) is 10.5. The second kappa shape index (κ2) is 6.26. The van der Waals surface area contributed by atoms with E-state index in [1.54, 1.807) is 24.3 Å². The van der Waals surface area contributed by atoms with Gasteiger partial charge in [-0.25, -0.2) is 0 Å². The van der Waals surface area contributed by atoms with Gasteiger partial charge in [-0.15, -0.1) is 0 Å². The molecule has 0 fully saturated rings. The topological polar surface area (TPSA) is 71.3 Å². The zero-order chi connectivity index (χ0) is 15.4. The Labute approximate surface area is 123 Å². The molecule has 1 aromatic carbocycles. The highest BCUT2D eigenvalue weighted by atomic mass is 16.3. The minimum absolute atomic E-state index is 0.0624. The number of carbonyl (C=O) groups excluding carboxylic acids is 2. The average Bonchev–Trinajstić information content (AvgIpc) is 2.96. The van der Waals surface area contributed by atoms with Gasteiger partial charge in [0.2, 0.25) is 5.91 Å². The van der Waals surface area contributed by atoms with Crippen LogP contribution < -0.4 is 10.6 Å². The maximum atomic E-state index is 11.9. The van der Waals surface area contributed by atoms with Gasteiger partial charge in [0.25, 0.3) is 5.91 Å². The fourth-order valence-corrected chi connectivity index (χ4v) is 1.71. The molecule has 0 saturated carbocycles. The third-order valence-corrected chi connectivity index (χ3v) is 3.02. The molecule has 2 amide bonds. The molecule has 1 aromatic heterocycles. The number of furan rings is 1. The molecule has 0 bridgehead atoms. The highest BCUT2D eigenvalue weighted by Crippen LogP contribution is 2.21. The lowest BCUT2D eigenvalue weighted by Gasteiger charge is -2.12. The largest absolute Gasteiger partial charge is 0.459 e. The third kappa shape index (κ3) is 3.72. The van der Waals surface area contributed by atoms with Gasteiger partial charge in [-0.2, -0.15) is 0 Å². The molecule has 0 spiro atoms. The molecule has 2 aromatic rings. The van der Waals surface area contributed by atoms with E-state index in [0.717, 1.165) is 5.56 Å². The van der Waals surface area contributed by atoms with Gasteiger partial charge >= 0.3 is 0 Å². The Morgan fingerprint density at radius 3 is 2.52 bits per heavy atom. The van der Waals surface area contributed by atoms with E-state index in [4.69, 9.17) is 4.42 Å². The molecule has 0 aliphatic carbocycles. The quantitative estimate of drug-likeness (QED) is 0.904. The van der Waals surface area contributed by atoms with Crippen molar-refractivity contribution in [2.24, 2.45) is 5.92 Å². The van der Waals surface area contributed by atoms with Crippen LogP contribution in [0.15, 0.2) is 41.0 Å². The van der Waals surface area contributed by atoms with E-state index in [0.29, 0.717) is 11.4 Å². The lowest BCUT2D eigenvalue weighted by atomic mass is 10.1. The molecule has 2 rings (SSSR count). The van der Waals surface area contributed by atoms with Crippen LogP contribution in [0.25, 0.3) is 0 Å². The van der Waals surface area contributed by atoms with Crippen molar-refractivity contribution >= 4 is 23.2 Å². The van der Waals surface area contributed by atoms with Gasteiger partial charge in [-0.05, 0) is 36.8 Å². The van der Waals surface area contributed by atoms with Crippen molar-refractivity contribution in [3.63, 3.8) is 0 Å². The SMILES string of the molecule is Cc1ccc(NC(=O)c2ccco2)cc1NC(=O)C(C)C. The fraction of sp³-hybridized carbons (Fsp3) is 0.250. The van der Waals surface area contributed by atoms with Crippen LogP contribution in [-0.4, -0.2) is 11.8 Å². The Morgan fingerprint density at radius 2 is 1.90 bits per heavy atom. The van der Waals surface area contributed by atoms with Crippen molar-refractivity contribution in [1.29, 1.82) is 0 Å². The monoisotopic (exact) mass is 286 g/mol. The van der Waals surface area contributed by atoms with E-state index in [-0.39, 0.29) is 23.5 Å². The van der Waals surface area contributed by atoms with Crippen LogP contribution in [0.3, 0.4) is 0 Å². The number of anilines is 2. The molecule has 21 heavy (non-hydrogen) atoms. The summed E-state index contributed by atoms with van der Waals surface area (Å²) in [5.74, 6) is -0.258. The molecule has 0 radical (unpaired) electrons. The number of aryl methyl sites for hydroxylation is 1. The number of amides is 2. The molecule has 0 saturated heterocycles. The van der Waals surface area contributed by atoms with Gasteiger partial charge in [-0.3, -0.25) is 9.59 Å². The first-order chi connectivity index (χ1) is 9.97. The average molecular weight is 286 g/mol. The summed E-state index contributed by atoms with van der Waals surface area (Å²) in [5, 5.41) is 5.57. The third-order valence-electron chi connectivity index (χ3n) is 3.02. The smallest absolute Gasteiger partial charge is 0.291 e. The minimum Gasteiger partial charge on any atom is -0.459 e. The zero-order valence-electron chi connectivity index (χ0n) is 12.3. The predicted octanol–water partition coefficient (Wildman–Crippen LogP) is 3.43. The lowest BCUT2D eigenvalue weighted by molar-refractivity contribution is -0.118.